The Morgan fingerprint density at radius 3 is 2.48 bits per heavy atom. The average molecular weight is 378 g/mol. The standard InChI is InChI=1S/C18H20ClN3O2S/c1-11-5-4-6-16(12(11)2)24-13(3)17(23)21-22-18(25)20-15-9-7-14(19)8-10-15/h4-10,13H,1-3H3,(H,21,23)(H2,20,22,25)/t13-/m0/s1. The summed E-state index contributed by atoms with van der Waals surface area (Å²) in [4.78, 5) is 12.1. The highest BCUT2D eigenvalue weighted by Crippen LogP contribution is 2.21. The number of hydrazine groups is 1. The minimum Gasteiger partial charge on any atom is -0.481 e. The summed E-state index contributed by atoms with van der Waals surface area (Å²) in [5, 5.41) is 3.83. The third-order valence-electron chi connectivity index (χ3n) is 3.63. The quantitative estimate of drug-likeness (QED) is 0.559. The van der Waals surface area contributed by atoms with E-state index in [-0.39, 0.29) is 11.0 Å². The second-order valence-corrected chi connectivity index (χ2v) is 6.38. The molecule has 0 aliphatic heterocycles. The van der Waals surface area contributed by atoms with Crippen LogP contribution in [0, 0.1) is 13.8 Å². The molecule has 1 atom stereocenters. The molecular formula is C18H20ClN3O2S. The number of ether oxygens (including phenoxy) is 1. The maximum atomic E-state index is 12.1. The molecule has 0 radical (unpaired) electrons. The van der Waals surface area contributed by atoms with Gasteiger partial charge in [0.05, 0.1) is 0 Å². The number of aryl methyl sites for hydroxylation is 1. The molecule has 0 heterocycles. The smallest absolute Gasteiger partial charge is 0.279 e. The number of hydrogen-bond acceptors (Lipinski definition) is 3. The number of nitrogens with one attached hydrogen (secondary N) is 3. The highest BCUT2D eigenvalue weighted by molar-refractivity contribution is 7.80. The fraction of sp³-hybridized carbons (Fsp3) is 0.222. The van der Waals surface area contributed by atoms with Gasteiger partial charge >= 0.3 is 0 Å². The van der Waals surface area contributed by atoms with Gasteiger partial charge in [-0.05, 0) is 74.4 Å². The van der Waals surface area contributed by atoms with Crippen LogP contribution in [0.2, 0.25) is 5.02 Å². The number of carbonyl (C=O) groups excluding carboxylic acids is 1. The largest absolute Gasteiger partial charge is 0.481 e. The molecule has 132 valence electrons. The number of thiocarbonyl (C=S) groups is 1. The van der Waals surface area contributed by atoms with Crippen molar-refractivity contribution in [3.8, 4) is 5.75 Å². The van der Waals surface area contributed by atoms with Crippen molar-refractivity contribution in [3.63, 3.8) is 0 Å². The molecule has 2 aromatic rings. The van der Waals surface area contributed by atoms with Crippen LogP contribution < -0.4 is 20.9 Å². The van der Waals surface area contributed by atoms with Gasteiger partial charge in [-0.1, -0.05) is 23.7 Å². The summed E-state index contributed by atoms with van der Waals surface area (Å²) < 4.78 is 5.72. The molecular weight excluding hydrogens is 358 g/mol. The van der Waals surface area contributed by atoms with Gasteiger partial charge in [-0.3, -0.25) is 15.6 Å². The van der Waals surface area contributed by atoms with Crippen molar-refractivity contribution in [2.75, 3.05) is 5.32 Å². The van der Waals surface area contributed by atoms with Crippen LogP contribution in [0.25, 0.3) is 0 Å². The van der Waals surface area contributed by atoms with Crippen molar-refractivity contribution in [2.24, 2.45) is 0 Å². The van der Waals surface area contributed by atoms with Crippen LogP contribution in [0.1, 0.15) is 18.1 Å². The zero-order valence-electron chi connectivity index (χ0n) is 14.2. The van der Waals surface area contributed by atoms with Gasteiger partial charge < -0.3 is 10.1 Å². The lowest BCUT2D eigenvalue weighted by Crippen LogP contribution is -2.48. The first-order valence-electron chi connectivity index (χ1n) is 7.72. The summed E-state index contributed by atoms with van der Waals surface area (Å²) in [6, 6.07) is 12.8. The Balaban J connectivity index is 1.83. The topological polar surface area (TPSA) is 62.4 Å². The number of amides is 1. The van der Waals surface area contributed by atoms with Crippen molar-refractivity contribution in [2.45, 2.75) is 26.9 Å². The minimum atomic E-state index is -0.675. The van der Waals surface area contributed by atoms with Gasteiger partial charge in [-0.2, -0.15) is 0 Å². The lowest BCUT2D eigenvalue weighted by molar-refractivity contribution is -0.127. The number of carbonyl (C=O) groups is 1. The Kier molecular flexibility index (Phi) is 6.61. The molecule has 0 unspecified atom stereocenters. The van der Waals surface area contributed by atoms with Crippen LogP contribution in [0.5, 0.6) is 5.75 Å². The second kappa shape index (κ2) is 8.69. The van der Waals surface area contributed by atoms with Gasteiger partial charge in [0.25, 0.3) is 5.91 Å². The first kappa shape index (κ1) is 19.0. The van der Waals surface area contributed by atoms with Crippen molar-refractivity contribution in [1.82, 2.24) is 10.9 Å². The number of rotatable bonds is 4. The van der Waals surface area contributed by atoms with E-state index in [9.17, 15) is 4.79 Å². The lowest BCUT2D eigenvalue weighted by atomic mass is 10.1. The van der Waals surface area contributed by atoms with Crippen LogP contribution in [-0.4, -0.2) is 17.1 Å². The fourth-order valence-corrected chi connectivity index (χ4v) is 2.31. The molecule has 1 amide bonds. The predicted molar refractivity (Wildman–Crippen MR) is 105 cm³/mol. The Bertz CT molecular complexity index is 765. The van der Waals surface area contributed by atoms with Gasteiger partial charge in [-0.25, -0.2) is 0 Å². The number of halogens is 1. The molecule has 0 saturated heterocycles. The van der Waals surface area contributed by atoms with Gasteiger partial charge in [-0.15, -0.1) is 0 Å². The zero-order valence-corrected chi connectivity index (χ0v) is 15.8. The van der Waals surface area contributed by atoms with E-state index in [1.54, 1.807) is 31.2 Å². The molecule has 0 bridgehead atoms. The predicted octanol–water partition coefficient (Wildman–Crippen LogP) is 3.74. The maximum absolute atomic E-state index is 12.1. The normalized spacial score (nSPS) is 11.4. The molecule has 2 rings (SSSR count). The molecule has 5 nitrogen and oxygen atoms in total. The van der Waals surface area contributed by atoms with E-state index in [0.717, 1.165) is 16.8 Å². The molecule has 3 N–H and O–H groups in total. The SMILES string of the molecule is Cc1cccc(O[C@@H](C)C(=O)NNC(=S)Nc2ccc(Cl)cc2)c1C. The summed E-state index contributed by atoms with van der Waals surface area (Å²) >= 11 is 11.0. The Labute approximate surface area is 157 Å². The van der Waals surface area contributed by atoms with E-state index < -0.39 is 6.10 Å². The summed E-state index contributed by atoms with van der Waals surface area (Å²) in [5.74, 6) is 0.352. The van der Waals surface area contributed by atoms with E-state index in [1.807, 2.05) is 32.0 Å². The summed E-state index contributed by atoms with van der Waals surface area (Å²) in [7, 11) is 0. The lowest BCUT2D eigenvalue weighted by Gasteiger charge is -2.18. The molecule has 0 aromatic heterocycles. The first-order chi connectivity index (χ1) is 11.9. The molecule has 0 aliphatic rings. The molecule has 25 heavy (non-hydrogen) atoms. The van der Waals surface area contributed by atoms with Crippen LogP contribution in [0.4, 0.5) is 5.69 Å². The van der Waals surface area contributed by atoms with Gasteiger partial charge in [0, 0.05) is 10.7 Å². The van der Waals surface area contributed by atoms with Gasteiger partial charge in [0.15, 0.2) is 11.2 Å². The van der Waals surface area contributed by atoms with Crippen molar-refractivity contribution < 1.29 is 9.53 Å². The second-order valence-electron chi connectivity index (χ2n) is 5.53. The average Bonchev–Trinajstić information content (AvgIpc) is 2.58. The highest BCUT2D eigenvalue weighted by atomic mass is 35.5. The third-order valence-corrected chi connectivity index (χ3v) is 4.09. The number of anilines is 1. The van der Waals surface area contributed by atoms with Crippen LogP contribution in [-0.2, 0) is 4.79 Å². The van der Waals surface area contributed by atoms with Gasteiger partial charge in [0.1, 0.15) is 5.75 Å². The Morgan fingerprint density at radius 2 is 1.80 bits per heavy atom. The van der Waals surface area contributed by atoms with Crippen LogP contribution >= 0.6 is 23.8 Å². The summed E-state index contributed by atoms with van der Waals surface area (Å²) in [6.45, 7) is 5.63. The maximum Gasteiger partial charge on any atom is 0.279 e. The highest BCUT2D eigenvalue weighted by Gasteiger charge is 2.16. The first-order valence-corrected chi connectivity index (χ1v) is 8.50. The monoisotopic (exact) mass is 377 g/mol. The van der Waals surface area contributed by atoms with Crippen molar-refractivity contribution >= 4 is 40.5 Å². The molecule has 7 heteroatoms. The van der Waals surface area contributed by atoms with E-state index >= 15 is 0 Å². The van der Waals surface area contributed by atoms with Crippen molar-refractivity contribution in [3.05, 3.63) is 58.6 Å². The third kappa shape index (κ3) is 5.62. The van der Waals surface area contributed by atoms with E-state index in [4.69, 9.17) is 28.6 Å². The molecule has 0 spiro atoms. The number of hydrogen-bond donors (Lipinski definition) is 3. The van der Waals surface area contributed by atoms with Crippen LogP contribution in [0.3, 0.4) is 0 Å². The fourth-order valence-electron chi connectivity index (χ4n) is 2.01. The van der Waals surface area contributed by atoms with Gasteiger partial charge in [0.2, 0.25) is 0 Å². The van der Waals surface area contributed by atoms with Crippen LogP contribution in [0.15, 0.2) is 42.5 Å². The number of benzene rings is 2. The van der Waals surface area contributed by atoms with E-state index in [0.29, 0.717) is 10.8 Å². The zero-order chi connectivity index (χ0) is 18.4. The van der Waals surface area contributed by atoms with Crippen molar-refractivity contribution in [1.29, 1.82) is 0 Å². The van der Waals surface area contributed by atoms with E-state index in [2.05, 4.69) is 16.2 Å². The summed E-state index contributed by atoms with van der Waals surface area (Å²) in [5.41, 5.74) is 8.05. The van der Waals surface area contributed by atoms with E-state index in [1.165, 1.54) is 0 Å². The molecule has 0 aliphatic carbocycles. The molecule has 0 saturated carbocycles. The molecule has 0 fully saturated rings. The Hall–Kier alpha value is -2.31. The minimum absolute atomic E-state index is 0.259. The Morgan fingerprint density at radius 1 is 1.12 bits per heavy atom. The summed E-state index contributed by atoms with van der Waals surface area (Å²) in [6.07, 6.45) is -0.675. The molecule has 2 aromatic carbocycles.